The van der Waals surface area contributed by atoms with E-state index in [-0.39, 0.29) is 0 Å². The lowest BCUT2D eigenvalue weighted by Gasteiger charge is -2.00. The van der Waals surface area contributed by atoms with E-state index in [9.17, 15) is 4.91 Å². The number of nitroso groups, excluding NO2 is 1. The number of rotatable bonds is 3. The summed E-state index contributed by atoms with van der Waals surface area (Å²) in [5.74, 6) is 0. The zero-order chi connectivity index (χ0) is 8.97. The van der Waals surface area contributed by atoms with Crippen LogP contribution in [-0.2, 0) is 6.42 Å². The third kappa shape index (κ3) is 1.78. The molecule has 12 heavy (non-hydrogen) atoms. The monoisotopic (exact) mass is 161 g/mol. The summed E-state index contributed by atoms with van der Waals surface area (Å²) in [4.78, 5) is 10.4. The van der Waals surface area contributed by atoms with Crippen LogP contribution >= 0.6 is 0 Å². The van der Waals surface area contributed by atoms with Gasteiger partial charge in [0.1, 0.15) is 5.69 Å². The van der Waals surface area contributed by atoms with E-state index in [1.165, 1.54) is 0 Å². The minimum atomic E-state index is 0.523. The minimum Gasteiger partial charge on any atom is -0.145 e. The fourth-order valence-corrected chi connectivity index (χ4v) is 1.09. The van der Waals surface area contributed by atoms with Crippen LogP contribution in [0.25, 0.3) is 0 Å². The molecule has 0 fully saturated rings. The summed E-state index contributed by atoms with van der Waals surface area (Å²) in [7, 11) is 0. The van der Waals surface area contributed by atoms with E-state index in [0.29, 0.717) is 12.1 Å². The third-order valence-corrected chi connectivity index (χ3v) is 1.70. The summed E-state index contributed by atoms with van der Waals surface area (Å²) in [5.41, 5.74) is 2.51. The van der Waals surface area contributed by atoms with Crippen LogP contribution in [0.4, 0.5) is 5.69 Å². The Bertz CT molecular complexity index is 305. The van der Waals surface area contributed by atoms with E-state index >= 15 is 0 Å². The van der Waals surface area contributed by atoms with Crippen LogP contribution in [0, 0.1) is 11.8 Å². The summed E-state index contributed by atoms with van der Waals surface area (Å²) in [6, 6.07) is 5.66. The maximum Gasteiger partial charge on any atom is 0.111 e. The fourth-order valence-electron chi connectivity index (χ4n) is 1.09. The van der Waals surface area contributed by atoms with Crippen molar-refractivity contribution in [3.8, 4) is 0 Å². The van der Waals surface area contributed by atoms with Gasteiger partial charge in [-0.05, 0) is 35.7 Å². The molecule has 0 N–H and O–H groups in total. The Kier molecular flexibility index (Phi) is 2.75. The van der Waals surface area contributed by atoms with Gasteiger partial charge in [-0.15, -0.1) is 11.5 Å². The van der Waals surface area contributed by atoms with Crippen molar-refractivity contribution >= 4 is 5.69 Å². The Labute approximate surface area is 71.9 Å². The molecule has 2 heteroatoms. The molecule has 0 unspecified atom stereocenters. The van der Waals surface area contributed by atoms with Crippen molar-refractivity contribution in [1.82, 2.24) is 0 Å². The highest BCUT2D eigenvalue weighted by Crippen LogP contribution is 2.20. The molecule has 0 bridgehead atoms. The molecule has 0 aliphatic carbocycles. The molecular weight excluding hydrogens is 150 g/mol. The molecule has 0 spiro atoms. The normalized spacial score (nSPS) is 9.42. The average Bonchev–Trinajstić information content (AvgIpc) is 2.08. The average molecular weight is 161 g/mol. The van der Waals surface area contributed by atoms with Gasteiger partial charge in [-0.25, -0.2) is 0 Å². The van der Waals surface area contributed by atoms with E-state index in [2.05, 4.69) is 11.8 Å². The van der Waals surface area contributed by atoms with Gasteiger partial charge in [-0.2, -0.15) is 0 Å². The zero-order valence-corrected chi connectivity index (χ0v) is 7.08. The van der Waals surface area contributed by atoms with Gasteiger partial charge in [0.25, 0.3) is 0 Å². The first-order valence-electron chi connectivity index (χ1n) is 3.81. The molecule has 1 rings (SSSR count). The second-order valence-electron chi connectivity index (χ2n) is 2.72. The maximum atomic E-state index is 10.4. The van der Waals surface area contributed by atoms with Gasteiger partial charge in [0.2, 0.25) is 0 Å². The lowest BCUT2D eigenvalue weighted by Crippen LogP contribution is -1.82. The first kappa shape index (κ1) is 8.65. The molecule has 0 aliphatic heterocycles. The minimum absolute atomic E-state index is 0.523. The number of nitrogens with zero attached hydrogens (tertiary/aromatic N) is 1. The van der Waals surface area contributed by atoms with Crippen LogP contribution in [0.2, 0.25) is 0 Å². The van der Waals surface area contributed by atoms with Crippen LogP contribution in [0.1, 0.15) is 11.1 Å². The molecular formula is C10H11NO. The second-order valence-corrected chi connectivity index (χ2v) is 2.72. The Hall–Kier alpha value is -1.44. The predicted molar refractivity (Wildman–Crippen MR) is 50.5 cm³/mol. The Morgan fingerprint density at radius 1 is 1.58 bits per heavy atom. The lowest BCUT2D eigenvalue weighted by atomic mass is 10.1. The van der Waals surface area contributed by atoms with Gasteiger partial charge in [-0.1, -0.05) is 18.2 Å². The third-order valence-electron chi connectivity index (χ3n) is 1.70. The Balaban J connectivity index is 3.10. The molecule has 0 radical (unpaired) electrons. The molecule has 0 heterocycles. The molecule has 1 aromatic carbocycles. The highest BCUT2D eigenvalue weighted by molar-refractivity contribution is 5.48. The Morgan fingerprint density at radius 3 is 2.92 bits per heavy atom. The fraction of sp³-hybridized carbons (Fsp3) is 0.200. The van der Waals surface area contributed by atoms with Crippen molar-refractivity contribution in [2.75, 3.05) is 0 Å². The Morgan fingerprint density at radius 2 is 2.33 bits per heavy atom. The molecule has 0 saturated heterocycles. The van der Waals surface area contributed by atoms with Crippen molar-refractivity contribution in [2.45, 2.75) is 13.3 Å². The van der Waals surface area contributed by atoms with Gasteiger partial charge < -0.3 is 0 Å². The van der Waals surface area contributed by atoms with E-state index < -0.39 is 0 Å². The van der Waals surface area contributed by atoms with Gasteiger partial charge in [0.05, 0.1) is 0 Å². The first-order valence-corrected chi connectivity index (χ1v) is 3.81. The summed E-state index contributed by atoms with van der Waals surface area (Å²) in [5, 5.41) is 2.95. The molecule has 0 aliphatic rings. The largest absolute Gasteiger partial charge is 0.145 e. The summed E-state index contributed by atoms with van der Waals surface area (Å²) in [6.07, 6.45) is 2.46. The highest BCUT2D eigenvalue weighted by Gasteiger charge is 2.00. The first-order chi connectivity index (χ1) is 5.77. The van der Waals surface area contributed by atoms with Crippen LogP contribution in [0.15, 0.2) is 36.0 Å². The van der Waals surface area contributed by atoms with E-state index in [4.69, 9.17) is 0 Å². The van der Waals surface area contributed by atoms with Gasteiger partial charge in [0.15, 0.2) is 0 Å². The molecule has 0 aromatic heterocycles. The van der Waals surface area contributed by atoms with E-state index in [1.54, 1.807) is 12.1 Å². The van der Waals surface area contributed by atoms with Crippen LogP contribution in [0.3, 0.4) is 0 Å². The number of hydrogen-bond donors (Lipinski definition) is 0. The predicted octanol–water partition coefficient (Wildman–Crippen LogP) is 3.12. The van der Waals surface area contributed by atoms with E-state index in [1.807, 2.05) is 19.1 Å². The summed E-state index contributed by atoms with van der Waals surface area (Å²) < 4.78 is 0. The quantitative estimate of drug-likeness (QED) is 0.494. The van der Waals surface area contributed by atoms with Crippen molar-refractivity contribution in [1.29, 1.82) is 0 Å². The van der Waals surface area contributed by atoms with Crippen LogP contribution in [0.5, 0.6) is 0 Å². The summed E-state index contributed by atoms with van der Waals surface area (Å²) >= 11 is 0. The topological polar surface area (TPSA) is 29.4 Å². The maximum absolute atomic E-state index is 10.4. The number of hydrogen-bond acceptors (Lipinski definition) is 2. The number of benzene rings is 1. The lowest BCUT2D eigenvalue weighted by molar-refractivity contribution is 1.24. The standard InChI is InChI=1S/C10H11NO/c1-3-4-9-6-5-8(2)7-10(9)11-12/h3,5-7H,1,4H2,2H3. The highest BCUT2D eigenvalue weighted by atomic mass is 16.3. The van der Waals surface area contributed by atoms with Crippen molar-refractivity contribution in [3.63, 3.8) is 0 Å². The van der Waals surface area contributed by atoms with Crippen LogP contribution < -0.4 is 0 Å². The van der Waals surface area contributed by atoms with Crippen LogP contribution in [-0.4, -0.2) is 0 Å². The molecule has 62 valence electrons. The zero-order valence-electron chi connectivity index (χ0n) is 7.08. The second kappa shape index (κ2) is 3.81. The van der Waals surface area contributed by atoms with Gasteiger partial charge >= 0.3 is 0 Å². The van der Waals surface area contributed by atoms with Gasteiger partial charge in [-0.3, -0.25) is 0 Å². The SMILES string of the molecule is C=CCc1ccc(C)cc1N=O. The molecule has 1 aromatic rings. The number of allylic oxidation sites excluding steroid dienone is 1. The summed E-state index contributed by atoms with van der Waals surface area (Å²) in [6.45, 7) is 5.55. The molecule has 0 atom stereocenters. The van der Waals surface area contributed by atoms with Crippen molar-refractivity contribution in [3.05, 3.63) is 46.9 Å². The van der Waals surface area contributed by atoms with Gasteiger partial charge in [0, 0.05) is 0 Å². The smallest absolute Gasteiger partial charge is 0.111 e. The molecule has 0 amide bonds. The van der Waals surface area contributed by atoms with Crippen molar-refractivity contribution in [2.24, 2.45) is 5.18 Å². The molecule has 0 saturated carbocycles. The number of aryl methyl sites for hydroxylation is 1. The molecule has 2 nitrogen and oxygen atoms in total. The van der Waals surface area contributed by atoms with Crippen molar-refractivity contribution < 1.29 is 0 Å². The van der Waals surface area contributed by atoms with E-state index in [0.717, 1.165) is 11.1 Å².